The lowest BCUT2D eigenvalue weighted by atomic mass is 10.1. The molecule has 5 heteroatoms. The summed E-state index contributed by atoms with van der Waals surface area (Å²) in [6.07, 6.45) is 0. The van der Waals surface area contributed by atoms with Crippen molar-refractivity contribution in [3.63, 3.8) is 0 Å². The number of aliphatic imine (C=N–C) groups is 1. The molecule has 1 aliphatic rings. The van der Waals surface area contributed by atoms with E-state index in [1.165, 1.54) is 15.3 Å². The quantitative estimate of drug-likeness (QED) is 0.889. The maximum atomic E-state index is 6.11. The van der Waals surface area contributed by atoms with Crippen molar-refractivity contribution in [3.8, 4) is 0 Å². The van der Waals surface area contributed by atoms with Gasteiger partial charge in [0.15, 0.2) is 5.96 Å². The molecule has 0 spiro atoms. The molecule has 1 aliphatic heterocycles. The first kappa shape index (κ1) is 13.6. The fourth-order valence-electron chi connectivity index (χ4n) is 2.65. The van der Waals surface area contributed by atoms with Crippen LogP contribution in [0.5, 0.6) is 0 Å². The molecule has 1 unspecified atom stereocenters. The summed E-state index contributed by atoms with van der Waals surface area (Å²) in [6, 6.07) is 10.6. The number of rotatable bonds is 2. The fourth-order valence-corrected chi connectivity index (χ4v) is 4.02. The molecule has 104 valence electrons. The van der Waals surface area contributed by atoms with Gasteiger partial charge in [-0.15, -0.1) is 11.3 Å². The van der Waals surface area contributed by atoms with E-state index in [2.05, 4.69) is 57.9 Å². The van der Waals surface area contributed by atoms with Gasteiger partial charge in [-0.25, -0.2) is 0 Å². The van der Waals surface area contributed by atoms with Crippen molar-refractivity contribution < 1.29 is 0 Å². The number of halogens is 1. The summed E-state index contributed by atoms with van der Waals surface area (Å²) < 4.78 is 1.05. The Labute approximate surface area is 131 Å². The van der Waals surface area contributed by atoms with Gasteiger partial charge >= 0.3 is 0 Å². The summed E-state index contributed by atoms with van der Waals surface area (Å²) in [4.78, 5) is 9.24. The van der Waals surface area contributed by atoms with Gasteiger partial charge in [-0.05, 0) is 43.7 Å². The molecule has 0 bridgehead atoms. The van der Waals surface area contributed by atoms with Crippen molar-refractivity contribution in [3.05, 3.63) is 50.1 Å². The van der Waals surface area contributed by atoms with Crippen LogP contribution in [0, 0.1) is 13.8 Å². The minimum absolute atomic E-state index is 0.203. The second-order valence-corrected chi connectivity index (χ2v) is 7.31. The number of guanidine groups is 1. The van der Waals surface area contributed by atoms with Gasteiger partial charge in [-0.1, -0.05) is 22.0 Å². The van der Waals surface area contributed by atoms with Gasteiger partial charge in [0, 0.05) is 19.9 Å². The largest absolute Gasteiger partial charge is 0.369 e. The van der Waals surface area contributed by atoms with Gasteiger partial charge in [0.05, 0.1) is 12.6 Å². The van der Waals surface area contributed by atoms with E-state index in [9.17, 15) is 0 Å². The molecule has 0 fully saturated rings. The fraction of sp³-hybridized carbons (Fsp3) is 0.267. The van der Waals surface area contributed by atoms with Crippen LogP contribution in [0.3, 0.4) is 0 Å². The average molecular weight is 350 g/mol. The Kier molecular flexibility index (Phi) is 3.56. The molecular formula is C15H16BrN3S. The zero-order valence-electron chi connectivity index (χ0n) is 11.4. The first-order chi connectivity index (χ1) is 9.56. The second-order valence-electron chi connectivity index (χ2n) is 4.93. The van der Waals surface area contributed by atoms with Gasteiger partial charge in [0.1, 0.15) is 0 Å². The molecule has 0 saturated carbocycles. The predicted molar refractivity (Wildman–Crippen MR) is 89.6 cm³/mol. The number of nitrogens with two attached hydrogens (primary N) is 1. The van der Waals surface area contributed by atoms with Crippen LogP contribution >= 0.6 is 27.3 Å². The maximum Gasteiger partial charge on any atom is 0.196 e. The van der Waals surface area contributed by atoms with E-state index in [0.717, 1.165) is 16.7 Å². The van der Waals surface area contributed by atoms with Crippen molar-refractivity contribution in [2.45, 2.75) is 19.9 Å². The van der Waals surface area contributed by atoms with E-state index in [1.807, 2.05) is 23.5 Å². The number of benzene rings is 1. The lowest BCUT2D eigenvalue weighted by Crippen LogP contribution is -2.36. The summed E-state index contributed by atoms with van der Waals surface area (Å²) in [7, 11) is 0. The standard InChI is InChI=1S/C15H16BrN3S/c1-9-6-13(10(2)20-9)14-8-18-15(17)19(14)12-5-3-4-11(16)7-12/h3-7,14H,8H2,1-2H3,(H2,17,18). The molecule has 0 aliphatic carbocycles. The lowest BCUT2D eigenvalue weighted by molar-refractivity contribution is 0.767. The van der Waals surface area contributed by atoms with Crippen molar-refractivity contribution in [1.29, 1.82) is 0 Å². The van der Waals surface area contributed by atoms with E-state index in [4.69, 9.17) is 5.73 Å². The number of hydrogen-bond acceptors (Lipinski definition) is 4. The van der Waals surface area contributed by atoms with Crippen molar-refractivity contribution in [2.24, 2.45) is 10.7 Å². The van der Waals surface area contributed by atoms with E-state index >= 15 is 0 Å². The van der Waals surface area contributed by atoms with Crippen molar-refractivity contribution in [1.82, 2.24) is 0 Å². The average Bonchev–Trinajstić information content (AvgIpc) is 2.92. The molecule has 1 aromatic heterocycles. The van der Waals surface area contributed by atoms with Gasteiger partial charge in [-0.2, -0.15) is 0 Å². The van der Waals surface area contributed by atoms with Gasteiger partial charge in [0.2, 0.25) is 0 Å². The number of aryl methyl sites for hydroxylation is 2. The number of thiophene rings is 1. The molecule has 1 atom stereocenters. The summed E-state index contributed by atoms with van der Waals surface area (Å²) in [5.74, 6) is 0.594. The Morgan fingerprint density at radius 1 is 1.35 bits per heavy atom. The summed E-state index contributed by atoms with van der Waals surface area (Å²) in [6.45, 7) is 5.03. The molecule has 1 aromatic carbocycles. The lowest BCUT2D eigenvalue weighted by Gasteiger charge is -2.26. The maximum absolute atomic E-state index is 6.11. The third-order valence-electron chi connectivity index (χ3n) is 3.51. The Morgan fingerprint density at radius 2 is 2.15 bits per heavy atom. The molecule has 2 N–H and O–H groups in total. The topological polar surface area (TPSA) is 41.6 Å². The third-order valence-corrected chi connectivity index (χ3v) is 4.98. The van der Waals surface area contributed by atoms with E-state index in [1.54, 1.807) is 0 Å². The molecule has 3 nitrogen and oxygen atoms in total. The molecule has 0 amide bonds. The second kappa shape index (κ2) is 5.22. The SMILES string of the molecule is Cc1cc(C2CN=C(N)N2c2cccc(Br)c2)c(C)s1. The highest BCUT2D eigenvalue weighted by molar-refractivity contribution is 9.10. The van der Waals surface area contributed by atoms with Crippen LogP contribution in [-0.2, 0) is 0 Å². The van der Waals surface area contributed by atoms with Crippen LogP contribution in [0.25, 0.3) is 0 Å². The highest BCUT2D eigenvalue weighted by Crippen LogP contribution is 2.36. The summed E-state index contributed by atoms with van der Waals surface area (Å²) in [5, 5.41) is 0. The molecule has 0 saturated heterocycles. The van der Waals surface area contributed by atoms with E-state index < -0.39 is 0 Å². The number of anilines is 1. The highest BCUT2D eigenvalue weighted by atomic mass is 79.9. The molecule has 0 radical (unpaired) electrons. The minimum Gasteiger partial charge on any atom is -0.369 e. The molecule has 3 rings (SSSR count). The summed E-state index contributed by atoms with van der Waals surface area (Å²) >= 11 is 5.35. The number of nitrogens with zero attached hydrogens (tertiary/aromatic N) is 2. The molecular weight excluding hydrogens is 334 g/mol. The zero-order chi connectivity index (χ0) is 14.3. The van der Waals surface area contributed by atoms with Crippen LogP contribution in [0.15, 0.2) is 39.8 Å². The Hall–Kier alpha value is -1.33. The normalized spacial score (nSPS) is 18.4. The van der Waals surface area contributed by atoms with Crippen molar-refractivity contribution in [2.75, 3.05) is 11.4 Å². The van der Waals surface area contributed by atoms with Gasteiger partial charge < -0.3 is 10.6 Å². The van der Waals surface area contributed by atoms with Gasteiger partial charge in [-0.3, -0.25) is 4.99 Å². The van der Waals surface area contributed by atoms with E-state index in [0.29, 0.717) is 5.96 Å². The van der Waals surface area contributed by atoms with Crippen LogP contribution in [0.4, 0.5) is 5.69 Å². The zero-order valence-corrected chi connectivity index (χ0v) is 13.8. The summed E-state index contributed by atoms with van der Waals surface area (Å²) in [5.41, 5.74) is 8.52. The van der Waals surface area contributed by atoms with Crippen molar-refractivity contribution >= 4 is 38.9 Å². The monoisotopic (exact) mass is 349 g/mol. The van der Waals surface area contributed by atoms with Gasteiger partial charge in [0.25, 0.3) is 0 Å². The smallest absolute Gasteiger partial charge is 0.196 e. The molecule has 2 aromatic rings. The Morgan fingerprint density at radius 3 is 2.80 bits per heavy atom. The van der Waals surface area contributed by atoms with Crippen LogP contribution in [0.2, 0.25) is 0 Å². The minimum atomic E-state index is 0.203. The predicted octanol–water partition coefficient (Wildman–Crippen LogP) is 4.00. The Balaban J connectivity index is 2.02. The Bertz CT molecular complexity index is 678. The first-order valence-corrected chi connectivity index (χ1v) is 8.09. The van der Waals surface area contributed by atoms with Crippen LogP contribution in [-0.4, -0.2) is 12.5 Å². The van der Waals surface area contributed by atoms with Crippen LogP contribution in [0.1, 0.15) is 21.4 Å². The highest BCUT2D eigenvalue weighted by Gasteiger charge is 2.30. The van der Waals surface area contributed by atoms with E-state index in [-0.39, 0.29) is 6.04 Å². The van der Waals surface area contributed by atoms with Crippen LogP contribution < -0.4 is 10.6 Å². The molecule has 20 heavy (non-hydrogen) atoms. The first-order valence-electron chi connectivity index (χ1n) is 6.48. The molecule has 2 heterocycles. The number of hydrogen-bond donors (Lipinski definition) is 1. The third kappa shape index (κ3) is 2.36.